The maximum absolute atomic E-state index is 3.74. The van der Waals surface area contributed by atoms with Crippen LogP contribution in [-0.2, 0) is 6.54 Å². The van der Waals surface area contributed by atoms with E-state index in [1.54, 1.807) is 0 Å². The molecule has 1 aromatic rings. The van der Waals surface area contributed by atoms with Crippen LogP contribution >= 0.6 is 15.9 Å². The Balaban J connectivity index is 2.09. The van der Waals surface area contributed by atoms with Crippen LogP contribution in [0.1, 0.15) is 46.1 Å². The number of nitrogens with zero attached hydrogens (tertiary/aromatic N) is 1. The van der Waals surface area contributed by atoms with Crippen LogP contribution in [0.4, 0.5) is 5.69 Å². The summed E-state index contributed by atoms with van der Waals surface area (Å²) < 4.78 is 1.22. The molecule has 1 saturated heterocycles. The molecule has 0 radical (unpaired) electrons. The van der Waals surface area contributed by atoms with Crippen LogP contribution in [0.15, 0.2) is 22.7 Å². The molecular formula is C16H25BrN2. The Morgan fingerprint density at radius 3 is 2.63 bits per heavy atom. The van der Waals surface area contributed by atoms with Gasteiger partial charge in [0.25, 0.3) is 0 Å². The van der Waals surface area contributed by atoms with E-state index in [-0.39, 0.29) is 5.54 Å². The lowest BCUT2D eigenvalue weighted by molar-refractivity contribution is 0.424. The van der Waals surface area contributed by atoms with Crippen molar-refractivity contribution in [2.75, 3.05) is 11.4 Å². The van der Waals surface area contributed by atoms with E-state index >= 15 is 0 Å². The Morgan fingerprint density at radius 2 is 2.11 bits per heavy atom. The molecule has 2 nitrogen and oxygen atoms in total. The second kappa shape index (κ2) is 5.84. The van der Waals surface area contributed by atoms with Gasteiger partial charge in [0.05, 0.1) is 5.69 Å². The van der Waals surface area contributed by atoms with Crippen molar-refractivity contribution in [1.82, 2.24) is 5.32 Å². The molecule has 0 amide bonds. The maximum atomic E-state index is 3.74. The van der Waals surface area contributed by atoms with Crippen molar-refractivity contribution in [1.29, 1.82) is 0 Å². The molecule has 1 heterocycles. The van der Waals surface area contributed by atoms with Gasteiger partial charge in [0.2, 0.25) is 0 Å². The summed E-state index contributed by atoms with van der Waals surface area (Å²) in [6.45, 7) is 11.0. The van der Waals surface area contributed by atoms with Gasteiger partial charge in [-0.1, -0.05) is 6.07 Å². The highest BCUT2D eigenvalue weighted by Crippen LogP contribution is 2.32. The van der Waals surface area contributed by atoms with Crippen molar-refractivity contribution in [3.05, 3.63) is 28.2 Å². The monoisotopic (exact) mass is 324 g/mol. The van der Waals surface area contributed by atoms with Gasteiger partial charge in [-0.05, 0) is 74.2 Å². The highest BCUT2D eigenvalue weighted by molar-refractivity contribution is 9.10. The molecule has 1 N–H and O–H groups in total. The molecule has 0 saturated carbocycles. The molecule has 1 aliphatic rings. The molecule has 0 aromatic heterocycles. The predicted octanol–water partition coefficient (Wildman–Crippen LogP) is 4.33. The first kappa shape index (κ1) is 14.9. The first-order valence-corrected chi connectivity index (χ1v) is 7.96. The lowest BCUT2D eigenvalue weighted by Crippen LogP contribution is -2.35. The molecule has 1 atom stereocenters. The van der Waals surface area contributed by atoms with Crippen LogP contribution in [0.2, 0.25) is 0 Å². The van der Waals surface area contributed by atoms with Crippen LogP contribution in [0, 0.1) is 0 Å². The number of halogens is 1. The fourth-order valence-corrected chi connectivity index (χ4v) is 3.21. The van der Waals surface area contributed by atoms with Gasteiger partial charge < -0.3 is 10.2 Å². The number of benzene rings is 1. The van der Waals surface area contributed by atoms with E-state index in [2.05, 4.69) is 72.0 Å². The zero-order chi connectivity index (χ0) is 14.0. The van der Waals surface area contributed by atoms with Gasteiger partial charge in [0, 0.05) is 29.1 Å². The van der Waals surface area contributed by atoms with Crippen LogP contribution in [-0.4, -0.2) is 18.1 Å². The smallest absolute Gasteiger partial charge is 0.0513 e. The van der Waals surface area contributed by atoms with E-state index in [1.807, 2.05) is 0 Å². The average Bonchev–Trinajstić information content (AvgIpc) is 2.72. The molecular weight excluding hydrogens is 300 g/mol. The summed E-state index contributed by atoms with van der Waals surface area (Å²) >= 11 is 3.74. The third-order valence-corrected chi connectivity index (χ3v) is 4.33. The molecule has 1 aromatic carbocycles. The minimum atomic E-state index is 0.161. The predicted molar refractivity (Wildman–Crippen MR) is 86.8 cm³/mol. The minimum absolute atomic E-state index is 0.161. The van der Waals surface area contributed by atoms with E-state index in [0.29, 0.717) is 6.04 Å². The number of rotatable bonds is 3. The van der Waals surface area contributed by atoms with Gasteiger partial charge in [0.15, 0.2) is 0 Å². The van der Waals surface area contributed by atoms with Crippen LogP contribution in [0.5, 0.6) is 0 Å². The third-order valence-electron chi connectivity index (χ3n) is 3.70. The van der Waals surface area contributed by atoms with Crippen molar-refractivity contribution < 1.29 is 0 Å². The number of hydrogen-bond donors (Lipinski definition) is 1. The van der Waals surface area contributed by atoms with Gasteiger partial charge in [-0.25, -0.2) is 0 Å². The minimum Gasteiger partial charge on any atom is -0.368 e. The molecule has 106 valence electrons. The topological polar surface area (TPSA) is 15.3 Å². The molecule has 2 rings (SSSR count). The van der Waals surface area contributed by atoms with Crippen molar-refractivity contribution in [3.8, 4) is 0 Å². The largest absolute Gasteiger partial charge is 0.368 e. The summed E-state index contributed by atoms with van der Waals surface area (Å²) in [5.41, 5.74) is 2.83. The van der Waals surface area contributed by atoms with Gasteiger partial charge >= 0.3 is 0 Å². The Labute approximate surface area is 125 Å². The quantitative estimate of drug-likeness (QED) is 0.890. The first-order valence-electron chi connectivity index (χ1n) is 7.17. The van der Waals surface area contributed by atoms with Crippen molar-refractivity contribution in [2.45, 2.75) is 58.7 Å². The van der Waals surface area contributed by atoms with Crippen molar-refractivity contribution in [3.63, 3.8) is 0 Å². The zero-order valence-corrected chi connectivity index (χ0v) is 14.0. The highest BCUT2D eigenvalue weighted by Gasteiger charge is 2.22. The van der Waals surface area contributed by atoms with Crippen LogP contribution < -0.4 is 10.2 Å². The van der Waals surface area contributed by atoms with E-state index < -0.39 is 0 Å². The fourth-order valence-electron chi connectivity index (χ4n) is 2.55. The van der Waals surface area contributed by atoms with Crippen molar-refractivity contribution >= 4 is 21.6 Å². The molecule has 1 aliphatic heterocycles. The lowest BCUT2D eigenvalue weighted by atomic mass is 10.1. The summed E-state index contributed by atoms with van der Waals surface area (Å²) in [7, 11) is 0. The molecule has 1 unspecified atom stereocenters. The second-order valence-corrected chi connectivity index (χ2v) is 7.43. The Bertz CT molecular complexity index is 437. The summed E-state index contributed by atoms with van der Waals surface area (Å²) in [5, 5.41) is 3.53. The fraction of sp³-hybridized carbons (Fsp3) is 0.625. The second-order valence-electron chi connectivity index (χ2n) is 6.57. The van der Waals surface area contributed by atoms with Gasteiger partial charge in [-0.15, -0.1) is 0 Å². The van der Waals surface area contributed by atoms with E-state index in [1.165, 1.54) is 35.1 Å². The maximum Gasteiger partial charge on any atom is 0.0513 e. The summed E-state index contributed by atoms with van der Waals surface area (Å²) in [6.07, 6.45) is 2.61. The highest BCUT2D eigenvalue weighted by atomic mass is 79.9. The summed E-state index contributed by atoms with van der Waals surface area (Å²) in [4.78, 5) is 2.51. The molecule has 0 bridgehead atoms. The molecule has 1 fully saturated rings. The third kappa shape index (κ3) is 3.96. The molecule has 0 spiro atoms. The average molecular weight is 325 g/mol. The van der Waals surface area contributed by atoms with Gasteiger partial charge in [-0.3, -0.25) is 0 Å². The van der Waals surface area contributed by atoms with Gasteiger partial charge in [0.1, 0.15) is 0 Å². The van der Waals surface area contributed by atoms with E-state index in [0.717, 1.165) is 6.54 Å². The zero-order valence-electron chi connectivity index (χ0n) is 12.5. The van der Waals surface area contributed by atoms with Crippen molar-refractivity contribution in [2.24, 2.45) is 0 Å². The molecule has 19 heavy (non-hydrogen) atoms. The Hall–Kier alpha value is -0.540. The molecule has 0 aliphatic carbocycles. The number of hydrogen-bond acceptors (Lipinski definition) is 2. The summed E-state index contributed by atoms with van der Waals surface area (Å²) in [6, 6.07) is 7.41. The Kier molecular flexibility index (Phi) is 4.57. The lowest BCUT2D eigenvalue weighted by Gasteiger charge is -2.26. The normalized spacial score (nSPS) is 20.1. The molecule has 3 heteroatoms. The van der Waals surface area contributed by atoms with E-state index in [4.69, 9.17) is 0 Å². The Morgan fingerprint density at radius 1 is 1.37 bits per heavy atom. The van der Waals surface area contributed by atoms with Crippen LogP contribution in [0.25, 0.3) is 0 Å². The van der Waals surface area contributed by atoms with Crippen LogP contribution in [0.3, 0.4) is 0 Å². The first-order chi connectivity index (χ1) is 8.87. The van der Waals surface area contributed by atoms with Gasteiger partial charge in [-0.2, -0.15) is 0 Å². The summed E-state index contributed by atoms with van der Waals surface area (Å²) in [5.74, 6) is 0. The van der Waals surface area contributed by atoms with E-state index in [9.17, 15) is 0 Å². The standard InChI is InChI=1S/C16H25BrN2/c1-12-6-5-9-19(12)15-8-7-13(10-14(15)17)11-18-16(2,3)4/h7-8,10,12,18H,5-6,9,11H2,1-4H3. The number of nitrogens with one attached hydrogen (secondary N) is 1. The number of anilines is 1. The SMILES string of the molecule is CC1CCCN1c1ccc(CNC(C)(C)C)cc1Br.